The summed E-state index contributed by atoms with van der Waals surface area (Å²) in [6, 6.07) is 13.6. The molecule has 3 rings (SSSR count). The van der Waals surface area contributed by atoms with E-state index in [-0.39, 0.29) is 5.91 Å². The van der Waals surface area contributed by atoms with Gasteiger partial charge in [-0.2, -0.15) is 0 Å². The highest BCUT2D eigenvalue weighted by molar-refractivity contribution is 6.13. The number of hydrogen-bond acceptors (Lipinski definition) is 3. The van der Waals surface area contributed by atoms with Crippen molar-refractivity contribution in [1.82, 2.24) is 4.98 Å². The molecule has 106 valence electrons. The smallest absolute Gasteiger partial charge is 0.223 e. The van der Waals surface area contributed by atoms with Crippen LogP contribution in [0.25, 0.3) is 21.8 Å². The van der Waals surface area contributed by atoms with Gasteiger partial charge in [0, 0.05) is 30.8 Å². The van der Waals surface area contributed by atoms with Gasteiger partial charge in [0.1, 0.15) is 5.75 Å². The summed E-state index contributed by atoms with van der Waals surface area (Å²) >= 11 is 0. The minimum absolute atomic E-state index is 0.0107. The predicted octanol–water partition coefficient (Wildman–Crippen LogP) is 3.38. The minimum atomic E-state index is -0.0107. The molecule has 3 aromatic rings. The lowest BCUT2D eigenvalue weighted by molar-refractivity contribution is -0.116. The number of methoxy groups -OCH3 is 1. The van der Waals surface area contributed by atoms with Crippen LogP contribution in [0, 0.1) is 0 Å². The Labute approximate surface area is 123 Å². The lowest BCUT2D eigenvalue weighted by atomic mass is 10.1. The van der Waals surface area contributed by atoms with Crippen molar-refractivity contribution < 1.29 is 9.53 Å². The van der Waals surface area contributed by atoms with Gasteiger partial charge in [0.15, 0.2) is 0 Å². The third kappa shape index (κ3) is 2.18. The van der Waals surface area contributed by atoms with Crippen molar-refractivity contribution >= 4 is 33.4 Å². The summed E-state index contributed by atoms with van der Waals surface area (Å²) in [5.74, 6) is 0.741. The molecule has 0 aliphatic rings. The molecule has 0 saturated carbocycles. The molecule has 0 bridgehead atoms. The predicted molar refractivity (Wildman–Crippen MR) is 84.9 cm³/mol. The normalized spacial score (nSPS) is 10.8. The second-order valence-electron chi connectivity index (χ2n) is 4.94. The molecule has 0 saturated heterocycles. The van der Waals surface area contributed by atoms with Crippen LogP contribution in [-0.4, -0.2) is 25.0 Å². The Morgan fingerprint density at radius 3 is 2.52 bits per heavy atom. The number of anilines is 1. The highest BCUT2D eigenvalue weighted by atomic mass is 16.5. The molecule has 0 N–H and O–H groups in total. The number of aromatic nitrogens is 1. The van der Waals surface area contributed by atoms with Crippen LogP contribution >= 0.6 is 0 Å². The van der Waals surface area contributed by atoms with Gasteiger partial charge in [-0.25, -0.2) is 4.98 Å². The van der Waals surface area contributed by atoms with E-state index < -0.39 is 0 Å². The molecule has 0 atom stereocenters. The molecule has 0 fully saturated rings. The van der Waals surface area contributed by atoms with Gasteiger partial charge in [-0.15, -0.1) is 0 Å². The number of rotatable bonds is 2. The number of fused-ring (bicyclic) bond motifs is 2. The van der Waals surface area contributed by atoms with Crippen LogP contribution in [0.15, 0.2) is 42.5 Å². The first-order valence-electron chi connectivity index (χ1n) is 6.72. The molecule has 0 radical (unpaired) electrons. The first kappa shape index (κ1) is 13.4. The molecule has 1 heterocycles. The third-order valence-corrected chi connectivity index (χ3v) is 3.67. The maximum absolute atomic E-state index is 11.8. The summed E-state index contributed by atoms with van der Waals surface area (Å²) in [7, 11) is 3.42. The molecule has 21 heavy (non-hydrogen) atoms. The average molecular weight is 280 g/mol. The van der Waals surface area contributed by atoms with E-state index in [0.717, 1.165) is 33.2 Å². The van der Waals surface area contributed by atoms with Crippen LogP contribution in [0.3, 0.4) is 0 Å². The van der Waals surface area contributed by atoms with Crippen LogP contribution in [0.4, 0.5) is 5.69 Å². The highest BCUT2D eigenvalue weighted by Gasteiger charge is 2.15. The summed E-state index contributed by atoms with van der Waals surface area (Å²) in [5, 5.41) is 1.90. The molecule has 0 unspecified atom stereocenters. The van der Waals surface area contributed by atoms with Gasteiger partial charge < -0.3 is 9.64 Å². The van der Waals surface area contributed by atoms with Crippen molar-refractivity contribution in [2.45, 2.75) is 6.92 Å². The Balaban J connectivity index is 2.44. The fraction of sp³-hybridized carbons (Fsp3) is 0.176. The van der Waals surface area contributed by atoms with E-state index in [0.29, 0.717) is 0 Å². The first-order chi connectivity index (χ1) is 10.1. The molecule has 1 amide bonds. The van der Waals surface area contributed by atoms with Crippen molar-refractivity contribution in [3.8, 4) is 5.75 Å². The van der Waals surface area contributed by atoms with Crippen LogP contribution in [-0.2, 0) is 4.79 Å². The molecule has 0 aliphatic heterocycles. The van der Waals surface area contributed by atoms with Crippen molar-refractivity contribution in [2.75, 3.05) is 19.1 Å². The zero-order valence-corrected chi connectivity index (χ0v) is 12.3. The van der Waals surface area contributed by atoms with Gasteiger partial charge >= 0.3 is 0 Å². The summed E-state index contributed by atoms with van der Waals surface area (Å²) in [6.07, 6.45) is 0. The third-order valence-electron chi connectivity index (χ3n) is 3.67. The maximum Gasteiger partial charge on any atom is 0.223 e. The first-order valence-corrected chi connectivity index (χ1v) is 6.72. The van der Waals surface area contributed by atoms with Crippen LogP contribution in [0.2, 0.25) is 0 Å². The van der Waals surface area contributed by atoms with Crippen molar-refractivity contribution in [1.29, 1.82) is 0 Å². The van der Waals surface area contributed by atoms with E-state index in [4.69, 9.17) is 4.74 Å². The molecular weight excluding hydrogens is 264 g/mol. The summed E-state index contributed by atoms with van der Waals surface area (Å²) in [6.45, 7) is 1.56. The second kappa shape index (κ2) is 5.05. The Morgan fingerprint density at radius 1 is 1.10 bits per heavy atom. The van der Waals surface area contributed by atoms with Gasteiger partial charge in [-0.3, -0.25) is 4.79 Å². The van der Waals surface area contributed by atoms with Crippen LogP contribution in [0.5, 0.6) is 5.75 Å². The molecule has 4 nitrogen and oxygen atoms in total. The maximum atomic E-state index is 11.8. The van der Waals surface area contributed by atoms with Crippen molar-refractivity contribution in [3.63, 3.8) is 0 Å². The summed E-state index contributed by atoms with van der Waals surface area (Å²) < 4.78 is 5.26. The highest BCUT2D eigenvalue weighted by Crippen LogP contribution is 2.34. The number of amides is 1. The van der Waals surface area contributed by atoms with Gasteiger partial charge in [0.2, 0.25) is 5.91 Å². The fourth-order valence-corrected chi connectivity index (χ4v) is 2.50. The molecular formula is C17H16N2O2. The lowest BCUT2D eigenvalue weighted by Crippen LogP contribution is -2.23. The van der Waals surface area contributed by atoms with Gasteiger partial charge in [0.25, 0.3) is 0 Å². The Hall–Kier alpha value is -2.62. The Bertz CT molecular complexity index is 843. The molecule has 0 spiro atoms. The number of benzene rings is 2. The molecule has 1 aromatic heterocycles. The molecule has 0 aliphatic carbocycles. The van der Waals surface area contributed by atoms with E-state index in [9.17, 15) is 4.79 Å². The fourth-order valence-electron chi connectivity index (χ4n) is 2.50. The van der Waals surface area contributed by atoms with E-state index in [1.54, 1.807) is 26.0 Å². The zero-order valence-electron chi connectivity index (χ0n) is 12.3. The molecule has 2 aromatic carbocycles. The van der Waals surface area contributed by atoms with Gasteiger partial charge in [0.05, 0.1) is 23.8 Å². The standard InChI is InChI=1S/C17H16N2O2/c1-11(20)19(2)17-13-6-4-5-7-15(13)18-16-10-12(21-3)8-9-14(16)17/h4-10H,1-3H3. The average Bonchev–Trinajstić information content (AvgIpc) is 2.51. The Kier molecular flexibility index (Phi) is 3.22. The van der Waals surface area contributed by atoms with E-state index in [1.165, 1.54) is 0 Å². The number of carbonyl (C=O) groups excluding carboxylic acids is 1. The van der Waals surface area contributed by atoms with Gasteiger partial charge in [-0.1, -0.05) is 18.2 Å². The topological polar surface area (TPSA) is 42.4 Å². The number of carbonyl (C=O) groups is 1. The number of para-hydroxylation sites is 1. The monoisotopic (exact) mass is 280 g/mol. The van der Waals surface area contributed by atoms with Gasteiger partial charge in [-0.05, 0) is 18.2 Å². The van der Waals surface area contributed by atoms with E-state index in [2.05, 4.69) is 4.98 Å². The SMILES string of the molecule is COc1ccc2c(N(C)C(C)=O)c3ccccc3nc2c1. The van der Waals surface area contributed by atoms with E-state index >= 15 is 0 Å². The number of pyridine rings is 1. The number of ether oxygens (including phenoxy) is 1. The minimum Gasteiger partial charge on any atom is -0.497 e. The lowest BCUT2D eigenvalue weighted by Gasteiger charge is -2.20. The van der Waals surface area contributed by atoms with Crippen molar-refractivity contribution in [2.24, 2.45) is 0 Å². The molecule has 4 heteroatoms. The summed E-state index contributed by atoms with van der Waals surface area (Å²) in [4.78, 5) is 18.2. The van der Waals surface area contributed by atoms with Crippen LogP contribution in [0.1, 0.15) is 6.92 Å². The van der Waals surface area contributed by atoms with Crippen LogP contribution < -0.4 is 9.64 Å². The van der Waals surface area contributed by atoms with Crippen molar-refractivity contribution in [3.05, 3.63) is 42.5 Å². The quantitative estimate of drug-likeness (QED) is 0.676. The zero-order chi connectivity index (χ0) is 15.0. The number of nitrogens with zero attached hydrogens (tertiary/aromatic N) is 2. The second-order valence-corrected chi connectivity index (χ2v) is 4.94. The van der Waals surface area contributed by atoms with E-state index in [1.807, 2.05) is 42.5 Å². The largest absolute Gasteiger partial charge is 0.497 e. The number of hydrogen-bond donors (Lipinski definition) is 0. The Morgan fingerprint density at radius 2 is 1.81 bits per heavy atom. The summed E-state index contributed by atoms with van der Waals surface area (Å²) in [5.41, 5.74) is 2.56.